The number of benzene rings is 4. The minimum absolute atomic E-state index is 0. The molecule has 0 aliphatic heterocycles. The average molecular weight is 1070 g/mol. The Balaban J connectivity index is 0.00000576. The number of hydrogen-bond acceptors (Lipinski definition) is 0. The van der Waals surface area contributed by atoms with Crippen LogP contribution in [-0.2, 0) is 65.4 Å². The molecular formula is C66H97Cl3SiTi. The van der Waals surface area contributed by atoms with Crippen molar-refractivity contribution in [2.75, 3.05) is 0 Å². The summed E-state index contributed by atoms with van der Waals surface area (Å²) in [6.07, 6.45) is 47.1. The average Bonchev–Trinajstić information content (AvgIpc) is 3.72. The fraction of sp³-hybridized carbons (Fsp3) is 0.576. The second-order valence-corrected chi connectivity index (χ2v) is 27.3. The minimum Gasteiger partial charge on any atom is -1.00 e. The van der Waals surface area contributed by atoms with Crippen LogP contribution >= 0.6 is 0 Å². The monoisotopic (exact) mass is 1070 g/mol. The minimum atomic E-state index is -3.00. The summed E-state index contributed by atoms with van der Waals surface area (Å²) in [5, 5.41) is 5.01. The molecule has 0 aromatic heterocycles. The van der Waals surface area contributed by atoms with Crippen LogP contribution in [0, 0.1) is 0 Å². The summed E-state index contributed by atoms with van der Waals surface area (Å²) < 4.78 is -0.177. The van der Waals surface area contributed by atoms with E-state index in [1.54, 1.807) is 54.5 Å². The molecule has 1 aliphatic carbocycles. The van der Waals surface area contributed by atoms with Crippen LogP contribution in [0.25, 0.3) is 0 Å². The van der Waals surface area contributed by atoms with Gasteiger partial charge in [0.1, 0.15) is 0 Å². The maximum atomic E-state index is 2.81. The molecule has 4 aromatic carbocycles. The molecule has 0 N–H and O–H groups in total. The van der Waals surface area contributed by atoms with Crippen molar-refractivity contribution in [2.45, 2.75) is 244 Å². The van der Waals surface area contributed by atoms with E-state index in [0.717, 1.165) is 6.42 Å². The first-order valence-electron chi connectivity index (χ1n) is 28.9. The van der Waals surface area contributed by atoms with Crippen molar-refractivity contribution in [1.82, 2.24) is 0 Å². The van der Waals surface area contributed by atoms with E-state index in [1.165, 1.54) is 198 Å². The molecule has 0 saturated carbocycles. The Morgan fingerprint density at radius 2 is 0.634 bits per heavy atom. The van der Waals surface area contributed by atoms with E-state index >= 15 is 0 Å². The molecular weight excluding hydrogens is 975 g/mol. The third kappa shape index (κ3) is 20.0. The molecule has 0 nitrogen and oxygen atoms in total. The van der Waals surface area contributed by atoms with Gasteiger partial charge in [-0.3, -0.25) is 0 Å². The zero-order valence-electron chi connectivity index (χ0n) is 45.9. The Bertz CT molecular complexity index is 1830. The van der Waals surface area contributed by atoms with Crippen molar-refractivity contribution < 1.29 is 57.7 Å². The predicted octanol–water partition coefficient (Wildman–Crippen LogP) is 8.89. The summed E-state index contributed by atoms with van der Waals surface area (Å²) in [7, 11) is -3.00. The van der Waals surface area contributed by atoms with E-state index in [2.05, 4.69) is 165 Å². The van der Waals surface area contributed by atoms with E-state index < -0.39 is 8.07 Å². The second-order valence-electron chi connectivity index (χ2n) is 21.2. The van der Waals surface area contributed by atoms with Crippen LogP contribution in [0.1, 0.15) is 235 Å². The van der Waals surface area contributed by atoms with E-state index in [1.807, 2.05) is 0 Å². The maximum absolute atomic E-state index is 3.00. The molecule has 0 heterocycles. The van der Waals surface area contributed by atoms with Gasteiger partial charge in [-0.15, -0.1) is 0 Å². The molecule has 390 valence electrons. The number of allylic oxidation sites excluding steroid dienone is 4. The van der Waals surface area contributed by atoms with Gasteiger partial charge in [0.25, 0.3) is 0 Å². The Labute approximate surface area is 469 Å². The van der Waals surface area contributed by atoms with Gasteiger partial charge in [0.15, 0.2) is 0 Å². The molecule has 0 radical (unpaired) electrons. The van der Waals surface area contributed by atoms with Gasteiger partial charge in [0, 0.05) is 0 Å². The third-order valence-corrected chi connectivity index (χ3v) is 23.0. The van der Waals surface area contributed by atoms with Crippen LogP contribution in [0.4, 0.5) is 0 Å². The number of halogens is 3. The fourth-order valence-corrected chi connectivity index (χ4v) is 19.7. The first-order valence-corrected chi connectivity index (χ1v) is 31.7. The number of unbranched alkanes of at least 4 members (excludes halogenated alkanes) is 18. The molecule has 71 heavy (non-hydrogen) atoms. The summed E-state index contributed by atoms with van der Waals surface area (Å²) in [4.78, 5) is 0. The van der Waals surface area contributed by atoms with Crippen molar-refractivity contribution in [2.24, 2.45) is 0 Å². The Morgan fingerprint density at radius 1 is 0.352 bits per heavy atom. The second kappa shape index (κ2) is 37.0. The van der Waals surface area contributed by atoms with Crippen molar-refractivity contribution in [3.05, 3.63) is 148 Å². The summed E-state index contributed by atoms with van der Waals surface area (Å²) in [6.45, 7) is 14.2. The van der Waals surface area contributed by atoms with Crippen molar-refractivity contribution in [3.63, 3.8) is 0 Å². The number of aryl methyl sites for hydroxylation is 6. The Hall–Kier alpha value is -1.84. The zero-order chi connectivity index (χ0) is 48.3. The smallest absolute Gasteiger partial charge is 1.00 e. The normalized spacial score (nSPS) is 14.2. The molecule has 1 atom stereocenters. The molecule has 4 aromatic rings. The van der Waals surface area contributed by atoms with Crippen molar-refractivity contribution >= 4 is 23.6 Å². The van der Waals surface area contributed by atoms with E-state index in [0.29, 0.717) is 0 Å². The summed E-state index contributed by atoms with van der Waals surface area (Å²) in [5.74, 6) is 0. The van der Waals surface area contributed by atoms with Crippen LogP contribution in [0.2, 0.25) is 3.34 Å². The quantitative estimate of drug-likeness (QED) is 0.0243. The van der Waals surface area contributed by atoms with Crippen LogP contribution in [0.15, 0.2) is 109 Å². The standard InChI is InChI=1S/C66H97Si.3ClH.Ti/c1-7-13-19-26-37-56-45-57(38-27-20-14-8-2)50-63(49-56)67(66-44-34-43-62(66)48-55-35-32-25-33-36-55,64-51-58(39-28-21-15-9-3)46-59(52-64)40-29-22-16-10-4)65-53-60(41-30-23-17-11-5)47-61(54-65)42-31-24-18-12-6;;;;/h25,32-36,43-47,49-54H,7-24,26-31,37-42,48H2,1-6H3;3*1H;/q;;;;+3/p-3. The first-order chi connectivity index (χ1) is 33.3. The molecule has 0 spiro atoms. The topological polar surface area (TPSA) is 0 Å². The van der Waals surface area contributed by atoms with E-state index in [4.69, 9.17) is 0 Å². The van der Waals surface area contributed by atoms with E-state index in [9.17, 15) is 0 Å². The Morgan fingerprint density at radius 3 is 0.901 bits per heavy atom. The van der Waals surface area contributed by atoms with Gasteiger partial charge in [-0.05, 0) is 0 Å². The van der Waals surface area contributed by atoms with Crippen LogP contribution in [0.3, 0.4) is 0 Å². The van der Waals surface area contributed by atoms with Gasteiger partial charge >= 0.3 is 436 Å². The first kappa shape index (κ1) is 65.3. The van der Waals surface area contributed by atoms with Gasteiger partial charge in [0.2, 0.25) is 0 Å². The van der Waals surface area contributed by atoms with E-state index in [-0.39, 0.29) is 40.6 Å². The molecule has 1 unspecified atom stereocenters. The molecule has 0 saturated heterocycles. The van der Waals surface area contributed by atoms with Gasteiger partial charge in [-0.2, -0.15) is 0 Å². The van der Waals surface area contributed by atoms with Gasteiger partial charge in [-0.25, -0.2) is 0 Å². The van der Waals surface area contributed by atoms with Gasteiger partial charge in [-0.1, -0.05) is 0 Å². The van der Waals surface area contributed by atoms with Crippen LogP contribution in [-0.4, -0.2) is 8.07 Å². The molecule has 0 bridgehead atoms. The van der Waals surface area contributed by atoms with Crippen LogP contribution in [0.5, 0.6) is 0 Å². The maximum Gasteiger partial charge on any atom is -1.00 e. The van der Waals surface area contributed by atoms with Crippen molar-refractivity contribution in [3.8, 4) is 0 Å². The molecule has 5 rings (SSSR count). The summed E-state index contributed by atoms with van der Waals surface area (Å²) >= 11 is 2.73. The SMILES string of the molecule is CCCCCCc1cc(CCCCCC)cc([Si](c2cc(CCCCCC)cc(CCCCCC)c2)(c2cc(CCCCCC)cc(CCCCCC)c2)[C]2([Ti+3])C=CC=C2Cc2ccccc2)c1.[Cl-].[Cl-].[Cl-]. The number of rotatable bonds is 36. The van der Waals surface area contributed by atoms with Crippen LogP contribution < -0.4 is 52.8 Å². The van der Waals surface area contributed by atoms with Gasteiger partial charge in [0.05, 0.1) is 0 Å². The summed E-state index contributed by atoms with van der Waals surface area (Å²) in [6, 6.07) is 36.4. The van der Waals surface area contributed by atoms with Gasteiger partial charge < -0.3 is 37.2 Å². The zero-order valence-corrected chi connectivity index (χ0v) is 50.7. The fourth-order valence-electron chi connectivity index (χ4n) is 11.4. The molecule has 0 amide bonds. The Kier molecular flexibility index (Phi) is 34.0. The molecule has 1 aliphatic rings. The third-order valence-electron chi connectivity index (χ3n) is 15.3. The summed E-state index contributed by atoms with van der Waals surface area (Å²) in [5.41, 5.74) is 12.6. The molecule has 0 fully saturated rings. The molecule has 5 heteroatoms. The largest absolute Gasteiger partial charge is 1.00 e. The number of hydrogen-bond donors (Lipinski definition) is 0. The predicted molar refractivity (Wildman–Crippen MR) is 301 cm³/mol. The van der Waals surface area contributed by atoms with Crippen molar-refractivity contribution in [1.29, 1.82) is 0 Å².